The number of esters is 1. The molecular formula is C14H17ClO3. The number of ether oxygens (including phenoxy) is 1. The van der Waals surface area contributed by atoms with Gasteiger partial charge >= 0.3 is 5.97 Å². The second-order valence-corrected chi connectivity index (χ2v) is 5.15. The smallest absolute Gasteiger partial charge is 0.316 e. The van der Waals surface area contributed by atoms with Gasteiger partial charge in [-0.2, -0.15) is 0 Å². The lowest BCUT2D eigenvalue weighted by atomic mass is 9.78. The highest BCUT2D eigenvalue weighted by atomic mass is 35.5. The molecule has 0 aliphatic heterocycles. The van der Waals surface area contributed by atoms with E-state index >= 15 is 0 Å². The summed E-state index contributed by atoms with van der Waals surface area (Å²) in [6, 6.07) is 5.44. The number of rotatable bonds is 3. The van der Waals surface area contributed by atoms with Gasteiger partial charge in [0.05, 0.1) is 19.1 Å². The van der Waals surface area contributed by atoms with Crippen LogP contribution in [-0.2, 0) is 21.6 Å². The summed E-state index contributed by atoms with van der Waals surface area (Å²) in [5.41, 5.74) is 1.03. The molecular weight excluding hydrogens is 252 g/mol. The van der Waals surface area contributed by atoms with Crippen molar-refractivity contribution < 1.29 is 14.6 Å². The number of aliphatic hydroxyl groups excluding tert-OH is 1. The van der Waals surface area contributed by atoms with Crippen molar-refractivity contribution in [3.8, 4) is 0 Å². The van der Waals surface area contributed by atoms with Crippen LogP contribution in [0.25, 0.3) is 0 Å². The maximum atomic E-state index is 12.1. The van der Waals surface area contributed by atoms with Crippen molar-refractivity contribution in [3.63, 3.8) is 0 Å². The molecule has 0 bridgehead atoms. The highest BCUT2D eigenvalue weighted by Gasteiger charge is 2.43. The molecule has 0 heterocycles. The Hall–Kier alpha value is -1.06. The summed E-state index contributed by atoms with van der Waals surface area (Å²) in [5.74, 6) is -0.187. The average molecular weight is 269 g/mol. The summed E-state index contributed by atoms with van der Waals surface area (Å²) in [6.45, 7) is -0.0929. The fourth-order valence-electron chi connectivity index (χ4n) is 2.76. The number of hydrogen-bond acceptors (Lipinski definition) is 3. The van der Waals surface area contributed by atoms with Crippen LogP contribution in [-0.4, -0.2) is 18.2 Å². The number of aliphatic hydroxyl groups is 1. The first-order valence-corrected chi connectivity index (χ1v) is 6.50. The molecule has 0 atom stereocenters. The van der Waals surface area contributed by atoms with E-state index in [0.717, 1.165) is 31.2 Å². The molecule has 0 radical (unpaired) electrons. The van der Waals surface area contributed by atoms with Crippen LogP contribution < -0.4 is 0 Å². The predicted octanol–water partition coefficient (Wildman–Crippen LogP) is 2.82. The van der Waals surface area contributed by atoms with E-state index in [1.165, 1.54) is 7.11 Å². The molecule has 1 aliphatic carbocycles. The third-order valence-corrected chi connectivity index (χ3v) is 4.16. The molecule has 0 unspecified atom stereocenters. The third kappa shape index (κ3) is 2.13. The highest BCUT2D eigenvalue weighted by molar-refractivity contribution is 6.31. The zero-order valence-electron chi connectivity index (χ0n) is 10.4. The van der Waals surface area contributed by atoms with Gasteiger partial charge in [0.25, 0.3) is 0 Å². The molecule has 3 nitrogen and oxygen atoms in total. The number of carbonyl (C=O) groups is 1. The normalized spacial score (nSPS) is 17.7. The van der Waals surface area contributed by atoms with Crippen molar-refractivity contribution in [2.45, 2.75) is 37.7 Å². The van der Waals surface area contributed by atoms with E-state index in [2.05, 4.69) is 0 Å². The number of hydrogen-bond donors (Lipinski definition) is 1. The Kier molecular flexibility index (Phi) is 3.93. The van der Waals surface area contributed by atoms with Gasteiger partial charge in [-0.25, -0.2) is 0 Å². The molecule has 1 aliphatic rings. The standard InChI is InChI=1S/C14H17ClO3/c1-18-13(17)14(6-2-3-7-14)11-5-4-10(9-16)12(15)8-11/h4-5,8,16H,2-3,6-7,9H2,1H3. The first-order valence-electron chi connectivity index (χ1n) is 6.12. The Morgan fingerprint density at radius 2 is 2.11 bits per heavy atom. The largest absolute Gasteiger partial charge is 0.468 e. The lowest BCUT2D eigenvalue weighted by Gasteiger charge is -2.26. The molecule has 0 spiro atoms. The topological polar surface area (TPSA) is 46.5 Å². The molecule has 1 saturated carbocycles. The minimum atomic E-state index is -0.549. The summed E-state index contributed by atoms with van der Waals surface area (Å²) in [6.07, 6.45) is 3.64. The SMILES string of the molecule is COC(=O)C1(c2ccc(CO)c(Cl)c2)CCCC1. The van der Waals surface area contributed by atoms with E-state index in [4.69, 9.17) is 21.4 Å². The maximum absolute atomic E-state index is 12.1. The Balaban J connectivity index is 2.43. The van der Waals surface area contributed by atoms with E-state index in [1.807, 2.05) is 6.07 Å². The van der Waals surface area contributed by atoms with Gasteiger partial charge in [-0.05, 0) is 30.0 Å². The molecule has 98 valence electrons. The minimum Gasteiger partial charge on any atom is -0.468 e. The molecule has 2 rings (SSSR count). The fourth-order valence-corrected chi connectivity index (χ4v) is 3.00. The molecule has 18 heavy (non-hydrogen) atoms. The van der Waals surface area contributed by atoms with E-state index in [-0.39, 0.29) is 12.6 Å². The van der Waals surface area contributed by atoms with Crippen molar-refractivity contribution in [2.75, 3.05) is 7.11 Å². The van der Waals surface area contributed by atoms with Crippen molar-refractivity contribution >= 4 is 17.6 Å². The molecule has 1 aromatic carbocycles. The predicted molar refractivity (Wildman–Crippen MR) is 69.5 cm³/mol. The minimum absolute atomic E-state index is 0.0929. The first-order chi connectivity index (χ1) is 8.64. The van der Waals surface area contributed by atoms with Gasteiger partial charge in [-0.3, -0.25) is 4.79 Å². The van der Waals surface area contributed by atoms with Crippen molar-refractivity contribution in [3.05, 3.63) is 34.3 Å². The van der Waals surface area contributed by atoms with Gasteiger partial charge in [-0.15, -0.1) is 0 Å². The van der Waals surface area contributed by atoms with Crippen LogP contribution in [0.4, 0.5) is 0 Å². The van der Waals surface area contributed by atoms with E-state index in [9.17, 15) is 4.79 Å². The van der Waals surface area contributed by atoms with Crippen LogP contribution in [0, 0.1) is 0 Å². The molecule has 1 N–H and O–H groups in total. The third-order valence-electron chi connectivity index (χ3n) is 3.81. The maximum Gasteiger partial charge on any atom is 0.316 e. The highest BCUT2D eigenvalue weighted by Crippen LogP contribution is 2.43. The zero-order chi connectivity index (χ0) is 13.2. The van der Waals surface area contributed by atoms with Gasteiger partial charge in [-0.1, -0.05) is 36.6 Å². The second kappa shape index (κ2) is 5.29. The van der Waals surface area contributed by atoms with Gasteiger partial charge < -0.3 is 9.84 Å². The number of benzene rings is 1. The monoisotopic (exact) mass is 268 g/mol. The molecule has 0 amide bonds. The Bertz CT molecular complexity index is 450. The van der Waals surface area contributed by atoms with Crippen molar-refractivity contribution in [1.29, 1.82) is 0 Å². The van der Waals surface area contributed by atoms with Gasteiger partial charge in [0.1, 0.15) is 0 Å². The van der Waals surface area contributed by atoms with Gasteiger partial charge in [0.15, 0.2) is 0 Å². The van der Waals surface area contributed by atoms with Gasteiger partial charge in [0, 0.05) is 5.02 Å². The summed E-state index contributed by atoms with van der Waals surface area (Å²) >= 11 is 6.11. The lowest BCUT2D eigenvalue weighted by Crippen LogP contribution is -2.34. The molecule has 4 heteroatoms. The summed E-state index contributed by atoms with van der Waals surface area (Å²) in [5, 5.41) is 9.62. The average Bonchev–Trinajstić information content (AvgIpc) is 2.88. The van der Waals surface area contributed by atoms with Crippen LogP contribution in [0.15, 0.2) is 18.2 Å². The molecule has 0 aromatic heterocycles. The van der Waals surface area contributed by atoms with Crippen LogP contribution >= 0.6 is 11.6 Å². The Labute approximate surface area is 112 Å². The molecule has 1 fully saturated rings. The van der Waals surface area contributed by atoms with E-state index in [1.54, 1.807) is 12.1 Å². The first kappa shape index (κ1) is 13.4. The molecule has 1 aromatic rings. The second-order valence-electron chi connectivity index (χ2n) is 4.75. The summed E-state index contributed by atoms with van der Waals surface area (Å²) in [4.78, 5) is 12.1. The van der Waals surface area contributed by atoms with Crippen LogP contribution in [0.2, 0.25) is 5.02 Å². The van der Waals surface area contributed by atoms with Crippen molar-refractivity contribution in [1.82, 2.24) is 0 Å². The van der Waals surface area contributed by atoms with Gasteiger partial charge in [0.2, 0.25) is 0 Å². The Morgan fingerprint density at radius 1 is 1.44 bits per heavy atom. The van der Waals surface area contributed by atoms with E-state index in [0.29, 0.717) is 10.6 Å². The molecule has 0 saturated heterocycles. The van der Waals surface area contributed by atoms with Crippen molar-refractivity contribution in [2.24, 2.45) is 0 Å². The lowest BCUT2D eigenvalue weighted by molar-refractivity contribution is -0.147. The summed E-state index contributed by atoms with van der Waals surface area (Å²) < 4.78 is 4.96. The number of methoxy groups -OCH3 is 1. The number of carbonyl (C=O) groups excluding carboxylic acids is 1. The fraction of sp³-hybridized carbons (Fsp3) is 0.500. The summed E-state index contributed by atoms with van der Waals surface area (Å²) in [7, 11) is 1.42. The van der Waals surface area contributed by atoms with Crippen LogP contribution in [0.1, 0.15) is 36.8 Å². The van der Waals surface area contributed by atoms with E-state index < -0.39 is 5.41 Å². The van der Waals surface area contributed by atoms with Crippen LogP contribution in [0.5, 0.6) is 0 Å². The Morgan fingerprint density at radius 3 is 2.61 bits per heavy atom. The van der Waals surface area contributed by atoms with Crippen LogP contribution in [0.3, 0.4) is 0 Å². The quantitative estimate of drug-likeness (QED) is 0.858. The number of halogens is 1. The zero-order valence-corrected chi connectivity index (χ0v) is 11.2.